The van der Waals surface area contributed by atoms with Crippen molar-refractivity contribution in [3.8, 4) is 0 Å². The van der Waals surface area contributed by atoms with Gasteiger partial charge in [0, 0.05) is 13.2 Å². The van der Waals surface area contributed by atoms with E-state index >= 15 is 0 Å². The summed E-state index contributed by atoms with van der Waals surface area (Å²) in [6, 6.07) is 0.245. The molecule has 0 radical (unpaired) electrons. The van der Waals surface area contributed by atoms with Crippen LogP contribution in [-0.2, 0) is 9.47 Å². The molecule has 1 aliphatic rings. The Morgan fingerprint density at radius 3 is 2.62 bits per heavy atom. The maximum absolute atomic E-state index is 11.9. The van der Waals surface area contributed by atoms with Crippen LogP contribution < -0.4 is 0 Å². The molecule has 0 aromatic carbocycles. The zero-order chi connectivity index (χ0) is 12.1. The zero-order valence-electron chi connectivity index (χ0n) is 10.1. The van der Waals surface area contributed by atoms with Gasteiger partial charge in [-0.3, -0.25) is 4.90 Å². The van der Waals surface area contributed by atoms with Crippen molar-refractivity contribution in [1.82, 2.24) is 4.90 Å². The molecule has 5 heteroatoms. The molecule has 0 aliphatic carbocycles. The summed E-state index contributed by atoms with van der Waals surface area (Å²) in [4.78, 5) is 13.7. The number of nitrogens with zero attached hydrogens (tertiary/aromatic N) is 1. The van der Waals surface area contributed by atoms with Crippen molar-refractivity contribution >= 4 is 28.7 Å². The van der Waals surface area contributed by atoms with Crippen LogP contribution in [-0.4, -0.2) is 40.9 Å². The lowest BCUT2D eigenvalue weighted by atomic mass is 9.99. The molecular weight excluding hydrogens is 321 g/mol. The average Bonchev–Trinajstić information content (AvgIpc) is 2.28. The lowest BCUT2D eigenvalue weighted by molar-refractivity contribution is -0.0651. The highest BCUT2D eigenvalue weighted by molar-refractivity contribution is 14.1. The van der Waals surface area contributed by atoms with E-state index in [2.05, 4.69) is 29.5 Å². The number of piperidine rings is 1. The molecule has 0 bridgehead atoms. The molecule has 1 rings (SSSR count). The van der Waals surface area contributed by atoms with E-state index in [4.69, 9.17) is 9.47 Å². The Balaban J connectivity index is 2.80. The first-order valence-corrected chi connectivity index (χ1v) is 7.02. The van der Waals surface area contributed by atoms with Gasteiger partial charge in [-0.2, -0.15) is 0 Å². The fraction of sp³-hybridized carbons (Fsp3) is 0.909. The molecule has 0 saturated carbocycles. The number of amides is 1. The number of halogens is 1. The highest BCUT2D eigenvalue weighted by atomic mass is 127. The molecule has 1 fully saturated rings. The van der Waals surface area contributed by atoms with Gasteiger partial charge in [-0.05, 0) is 26.2 Å². The third kappa shape index (κ3) is 3.00. The Bertz CT molecular complexity index is 237. The van der Waals surface area contributed by atoms with Crippen molar-refractivity contribution in [2.75, 3.05) is 13.7 Å². The smallest absolute Gasteiger partial charge is 0.412 e. The molecule has 0 spiro atoms. The summed E-state index contributed by atoms with van der Waals surface area (Å²) in [7, 11) is 1.65. The van der Waals surface area contributed by atoms with Crippen LogP contribution in [0, 0.1) is 0 Å². The minimum Gasteiger partial charge on any atom is -0.450 e. The lowest BCUT2D eigenvalue weighted by Gasteiger charge is -2.42. The summed E-state index contributed by atoms with van der Waals surface area (Å²) in [6.45, 7) is 4.33. The minimum atomic E-state index is -0.248. The number of likely N-dealkylation sites (tertiary alicyclic amines) is 1. The fourth-order valence-electron chi connectivity index (χ4n) is 2.13. The molecule has 16 heavy (non-hydrogen) atoms. The standard InChI is InChI=1S/C11H20INO3/c1-4-8-6-7-9(12)10(15-3)13(8)11(14)16-5-2/h8-10H,4-7H2,1-3H3. The van der Waals surface area contributed by atoms with Gasteiger partial charge in [-0.15, -0.1) is 0 Å². The van der Waals surface area contributed by atoms with Crippen LogP contribution in [0.4, 0.5) is 4.79 Å². The molecule has 0 aromatic heterocycles. The Kier molecular flexibility index (Phi) is 5.82. The predicted molar refractivity (Wildman–Crippen MR) is 70.8 cm³/mol. The summed E-state index contributed by atoms with van der Waals surface area (Å²) in [5.74, 6) is 0. The monoisotopic (exact) mass is 341 g/mol. The highest BCUT2D eigenvalue weighted by Gasteiger charge is 2.39. The number of hydrogen-bond donors (Lipinski definition) is 0. The van der Waals surface area contributed by atoms with Gasteiger partial charge in [-0.25, -0.2) is 4.79 Å². The van der Waals surface area contributed by atoms with Crippen molar-refractivity contribution in [2.24, 2.45) is 0 Å². The second-order valence-corrected chi connectivity index (χ2v) is 5.49. The van der Waals surface area contributed by atoms with Crippen LogP contribution in [0.1, 0.15) is 33.1 Å². The highest BCUT2D eigenvalue weighted by Crippen LogP contribution is 2.31. The molecule has 1 heterocycles. The fourth-order valence-corrected chi connectivity index (χ4v) is 3.13. The van der Waals surface area contributed by atoms with Gasteiger partial charge in [-0.1, -0.05) is 29.5 Å². The lowest BCUT2D eigenvalue weighted by Crippen LogP contribution is -2.55. The van der Waals surface area contributed by atoms with E-state index in [1.807, 2.05) is 6.92 Å². The molecule has 3 atom stereocenters. The van der Waals surface area contributed by atoms with E-state index in [1.54, 1.807) is 12.0 Å². The summed E-state index contributed by atoms with van der Waals surface area (Å²) >= 11 is 2.35. The molecule has 94 valence electrons. The quantitative estimate of drug-likeness (QED) is 0.585. The van der Waals surface area contributed by atoms with E-state index in [9.17, 15) is 4.79 Å². The molecular formula is C11H20INO3. The van der Waals surface area contributed by atoms with Crippen molar-refractivity contribution in [3.63, 3.8) is 0 Å². The van der Waals surface area contributed by atoms with Crippen LogP contribution in [0.2, 0.25) is 0 Å². The second-order valence-electron chi connectivity index (χ2n) is 3.89. The first-order chi connectivity index (χ1) is 7.65. The van der Waals surface area contributed by atoms with Gasteiger partial charge in [0.25, 0.3) is 0 Å². The van der Waals surface area contributed by atoms with Crippen LogP contribution in [0.25, 0.3) is 0 Å². The molecule has 0 N–H and O–H groups in total. The maximum Gasteiger partial charge on any atom is 0.412 e. The number of hydrogen-bond acceptors (Lipinski definition) is 3. The Labute approximate surface area is 111 Å². The van der Waals surface area contributed by atoms with Gasteiger partial charge in [0.1, 0.15) is 6.23 Å². The average molecular weight is 341 g/mol. The maximum atomic E-state index is 11.9. The van der Waals surface area contributed by atoms with Crippen molar-refractivity contribution < 1.29 is 14.3 Å². The molecule has 1 aliphatic heterocycles. The zero-order valence-corrected chi connectivity index (χ0v) is 12.3. The molecule has 1 saturated heterocycles. The number of ether oxygens (including phenoxy) is 2. The van der Waals surface area contributed by atoms with Crippen LogP contribution >= 0.6 is 22.6 Å². The summed E-state index contributed by atoms with van der Waals surface area (Å²) in [5.41, 5.74) is 0. The van der Waals surface area contributed by atoms with E-state index in [0.717, 1.165) is 19.3 Å². The molecule has 3 unspecified atom stereocenters. The summed E-state index contributed by atoms with van der Waals surface area (Å²) in [6.07, 6.45) is 2.67. The van der Waals surface area contributed by atoms with Gasteiger partial charge in [0.05, 0.1) is 10.5 Å². The summed E-state index contributed by atoms with van der Waals surface area (Å²) in [5, 5.41) is 0. The SMILES string of the molecule is CCOC(=O)N1C(CC)CCC(I)C1OC. The van der Waals surface area contributed by atoms with Gasteiger partial charge >= 0.3 is 6.09 Å². The second kappa shape index (κ2) is 6.64. The van der Waals surface area contributed by atoms with E-state index in [1.165, 1.54) is 0 Å². The topological polar surface area (TPSA) is 38.8 Å². The number of carbonyl (C=O) groups excluding carboxylic acids is 1. The van der Waals surface area contributed by atoms with Crippen LogP contribution in [0.15, 0.2) is 0 Å². The Morgan fingerprint density at radius 1 is 1.44 bits per heavy atom. The summed E-state index contributed by atoms with van der Waals surface area (Å²) < 4.78 is 10.9. The Hall–Kier alpha value is -0.0400. The number of methoxy groups -OCH3 is 1. The van der Waals surface area contributed by atoms with Crippen molar-refractivity contribution in [3.05, 3.63) is 0 Å². The minimum absolute atomic E-state index is 0.154. The van der Waals surface area contributed by atoms with Gasteiger partial charge < -0.3 is 9.47 Å². The molecule has 1 amide bonds. The van der Waals surface area contributed by atoms with Crippen LogP contribution in [0.3, 0.4) is 0 Å². The normalized spacial score (nSPS) is 30.2. The van der Waals surface area contributed by atoms with Gasteiger partial charge in [0.15, 0.2) is 0 Å². The van der Waals surface area contributed by atoms with Crippen molar-refractivity contribution in [2.45, 2.75) is 49.3 Å². The number of alkyl halides is 1. The molecule has 0 aromatic rings. The number of carbonyl (C=O) groups is 1. The Morgan fingerprint density at radius 2 is 2.12 bits per heavy atom. The third-order valence-electron chi connectivity index (χ3n) is 2.94. The van der Waals surface area contributed by atoms with E-state index in [0.29, 0.717) is 10.5 Å². The third-order valence-corrected chi connectivity index (χ3v) is 4.18. The van der Waals surface area contributed by atoms with E-state index in [-0.39, 0.29) is 18.4 Å². The predicted octanol–water partition coefficient (Wildman–Crippen LogP) is 2.79. The van der Waals surface area contributed by atoms with Crippen LogP contribution in [0.5, 0.6) is 0 Å². The van der Waals surface area contributed by atoms with E-state index < -0.39 is 0 Å². The van der Waals surface area contributed by atoms with Crippen molar-refractivity contribution in [1.29, 1.82) is 0 Å². The largest absolute Gasteiger partial charge is 0.450 e. The van der Waals surface area contributed by atoms with Gasteiger partial charge in [0.2, 0.25) is 0 Å². The first kappa shape index (κ1) is 14.0. The first-order valence-electron chi connectivity index (χ1n) is 5.77. The molecule has 4 nitrogen and oxygen atoms in total. The number of rotatable bonds is 3.